The zero-order valence-electron chi connectivity index (χ0n) is 13.6. The van der Waals surface area contributed by atoms with E-state index in [-0.39, 0.29) is 5.91 Å². The molecule has 0 radical (unpaired) electrons. The van der Waals surface area contributed by atoms with E-state index in [0.717, 1.165) is 38.1 Å². The van der Waals surface area contributed by atoms with Crippen molar-refractivity contribution in [1.29, 1.82) is 0 Å². The van der Waals surface area contributed by atoms with Crippen LogP contribution in [0.15, 0.2) is 5.16 Å². The number of likely N-dealkylation sites (tertiary alicyclic amines) is 1. The molecule has 1 aliphatic rings. The minimum atomic E-state index is 0.273. The van der Waals surface area contributed by atoms with E-state index >= 15 is 0 Å². The van der Waals surface area contributed by atoms with Crippen LogP contribution in [-0.4, -0.2) is 34.8 Å². The molecular weight excluding hydrogens is 264 g/mol. The van der Waals surface area contributed by atoms with Crippen molar-refractivity contribution >= 4 is 11.6 Å². The van der Waals surface area contributed by atoms with Gasteiger partial charge in [0, 0.05) is 32.4 Å². The van der Waals surface area contributed by atoms with Gasteiger partial charge in [0.15, 0.2) is 0 Å². The van der Waals surface area contributed by atoms with E-state index < -0.39 is 0 Å². The van der Waals surface area contributed by atoms with Crippen LogP contribution in [-0.2, 0) is 4.79 Å². The zero-order valence-corrected chi connectivity index (χ0v) is 13.6. The lowest BCUT2D eigenvalue weighted by atomic mass is 10.1. The van der Waals surface area contributed by atoms with Crippen molar-refractivity contribution in [3.8, 4) is 0 Å². The molecule has 1 amide bonds. The Morgan fingerprint density at radius 1 is 1.00 bits per heavy atom. The Morgan fingerprint density at radius 2 is 1.52 bits per heavy atom. The van der Waals surface area contributed by atoms with Gasteiger partial charge < -0.3 is 10.1 Å². The molecule has 1 rings (SSSR count). The number of carbonyl (C=O) groups is 1. The third kappa shape index (κ3) is 8.08. The van der Waals surface area contributed by atoms with Crippen LogP contribution in [0.25, 0.3) is 0 Å². The van der Waals surface area contributed by atoms with E-state index in [1.54, 1.807) is 0 Å². The summed E-state index contributed by atoms with van der Waals surface area (Å²) in [6.45, 7) is 3.68. The first-order valence-electron chi connectivity index (χ1n) is 8.75. The van der Waals surface area contributed by atoms with Gasteiger partial charge >= 0.3 is 0 Å². The molecular formula is C17H32N2O2. The van der Waals surface area contributed by atoms with Crippen molar-refractivity contribution in [2.45, 2.75) is 84.0 Å². The minimum Gasteiger partial charge on any atom is -0.411 e. The van der Waals surface area contributed by atoms with Crippen molar-refractivity contribution in [1.82, 2.24) is 4.90 Å². The molecule has 1 aliphatic heterocycles. The minimum absolute atomic E-state index is 0.273. The van der Waals surface area contributed by atoms with Crippen LogP contribution in [0.3, 0.4) is 0 Å². The van der Waals surface area contributed by atoms with Crippen molar-refractivity contribution in [2.75, 3.05) is 13.1 Å². The molecule has 0 aromatic carbocycles. The lowest BCUT2D eigenvalue weighted by Crippen LogP contribution is -2.38. The highest BCUT2D eigenvalue weighted by Gasteiger charge is 2.19. The largest absolute Gasteiger partial charge is 0.411 e. The van der Waals surface area contributed by atoms with Gasteiger partial charge in [-0.1, -0.05) is 63.4 Å². The van der Waals surface area contributed by atoms with Crippen LogP contribution < -0.4 is 0 Å². The zero-order chi connectivity index (χ0) is 15.3. The quantitative estimate of drug-likeness (QED) is 0.370. The smallest absolute Gasteiger partial charge is 0.222 e. The number of rotatable bonds is 10. The molecule has 0 atom stereocenters. The van der Waals surface area contributed by atoms with Gasteiger partial charge in [0.05, 0.1) is 5.71 Å². The fourth-order valence-electron chi connectivity index (χ4n) is 2.86. The summed E-state index contributed by atoms with van der Waals surface area (Å²) in [5, 5.41) is 11.9. The molecule has 4 heteroatoms. The van der Waals surface area contributed by atoms with Gasteiger partial charge in [0.2, 0.25) is 5.91 Å². The summed E-state index contributed by atoms with van der Waals surface area (Å²) in [6, 6.07) is 0. The Kier molecular flexibility index (Phi) is 9.92. The van der Waals surface area contributed by atoms with Crippen molar-refractivity contribution in [3.63, 3.8) is 0 Å². The molecule has 122 valence electrons. The Morgan fingerprint density at radius 3 is 2.05 bits per heavy atom. The Bertz CT molecular complexity index is 306. The van der Waals surface area contributed by atoms with Gasteiger partial charge in [0.25, 0.3) is 0 Å². The highest BCUT2D eigenvalue weighted by Crippen LogP contribution is 2.13. The summed E-state index contributed by atoms with van der Waals surface area (Å²) in [4.78, 5) is 13.9. The Labute approximate surface area is 129 Å². The SMILES string of the molecule is CCCCCCCCCCCC(=O)N1CCC(=NO)CC1. The average molecular weight is 296 g/mol. The van der Waals surface area contributed by atoms with Crippen LogP contribution in [0.4, 0.5) is 0 Å². The number of hydrogen-bond donors (Lipinski definition) is 1. The van der Waals surface area contributed by atoms with E-state index in [1.807, 2.05) is 4.90 Å². The maximum atomic E-state index is 12.0. The van der Waals surface area contributed by atoms with Crippen LogP contribution >= 0.6 is 0 Å². The number of unbranched alkanes of at least 4 members (excludes halogenated alkanes) is 8. The summed E-state index contributed by atoms with van der Waals surface area (Å²) in [7, 11) is 0. The molecule has 1 fully saturated rings. The molecule has 0 aliphatic carbocycles. The first-order valence-corrected chi connectivity index (χ1v) is 8.75. The normalized spacial score (nSPS) is 15.3. The average Bonchev–Trinajstić information content (AvgIpc) is 2.53. The third-order valence-electron chi connectivity index (χ3n) is 4.33. The predicted octanol–water partition coefficient (Wildman–Crippen LogP) is 4.36. The molecule has 0 saturated carbocycles. The topological polar surface area (TPSA) is 52.9 Å². The van der Waals surface area contributed by atoms with Crippen LogP contribution in [0, 0.1) is 0 Å². The summed E-state index contributed by atoms with van der Waals surface area (Å²) in [5.74, 6) is 0.273. The van der Waals surface area contributed by atoms with Gasteiger partial charge in [0.1, 0.15) is 0 Å². The van der Waals surface area contributed by atoms with Gasteiger partial charge in [-0.25, -0.2) is 0 Å². The summed E-state index contributed by atoms with van der Waals surface area (Å²) < 4.78 is 0. The molecule has 1 N–H and O–H groups in total. The highest BCUT2D eigenvalue weighted by molar-refractivity contribution is 5.87. The van der Waals surface area contributed by atoms with Gasteiger partial charge in [-0.15, -0.1) is 0 Å². The molecule has 21 heavy (non-hydrogen) atoms. The third-order valence-corrected chi connectivity index (χ3v) is 4.33. The second-order valence-corrected chi connectivity index (χ2v) is 6.13. The second kappa shape index (κ2) is 11.6. The first kappa shape index (κ1) is 18.0. The summed E-state index contributed by atoms with van der Waals surface area (Å²) in [5.41, 5.74) is 0.821. The molecule has 1 saturated heterocycles. The van der Waals surface area contributed by atoms with E-state index in [9.17, 15) is 4.79 Å². The van der Waals surface area contributed by atoms with Crippen LogP contribution in [0.5, 0.6) is 0 Å². The fraction of sp³-hybridized carbons (Fsp3) is 0.882. The van der Waals surface area contributed by atoms with Gasteiger partial charge in [-0.05, 0) is 6.42 Å². The molecule has 4 nitrogen and oxygen atoms in total. The molecule has 0 bridgehead atoms. The monoisotopic (exact) mass is 296 g/mol. The van der Waals surface area contributed by atoms with E-state index in [0.29, 0.717) is 6.42 Å². The van der Waals surface area contributed by atoms with Crippen LogP contribution in [0.2, 0.25) is 0 Å². The first-order chi connectivity index (χ1) is 10.3. The highest BCUT2D eigenvalue weighted by atomic mass is 16.4. The number of amides is 1. The van der Waals surface area contributed by atoms with E-state index in [1.165, 1.54) is 51.4 Å². The lowest BCUT2D eigenvalue weighted by Gasteiger charge is -2.27. The lowest BCUT2D eigenvalue weighted by molar-refractivity contribution is -0.131. The predicted molar refractivity (Wildman–Crippen MR) is 86.9 cm³/mol. The maximum absolute atomic E-state index is 12.0. The standard InChI is InChI=1S/C17H32N2O2/c1-2-3-4-5-6-7-8-9-10-11-17(20)19-14-12-16(18-21)13-15-19/h21H,2-15H2,1H3. The number of oxime groups is 1. The number of hydrogen-bond acceptors (Lipinski definition) is 3. The molecule has 0 aromatic rings. The van der Waals surface area contributed by atoms with Crippen molar-refractivity contribution in [3.05, 3.63) is 0 Å². The number of carbonyl (C=O) groups excluding carboxylic acids is 1. The molecule has 0 aromatic heterocycles. The van der Waals surface area contributed by atoms with Crippen molar-refractivity contribution < 1.29 is 10.0 Å². The molecule has 0 unspecified atom stereocenters. The number of nitrogens with zero attached hydrogens (tertiary/aromatic N) is 2. The van der Waals surface area contributed by atoms with Gasteiger partial charge in [-0.2, -0.15) is 0 Å². The molecule has 0 spiro atoms. The maximum Gasteiger partial charge on any atom is 0.222 e. The van der Waals surface area contributed by atoms with Gasteiger partial charge in [-0.3, -0.25) is 4.79 Å². The van der Waals surface area contributed by atoms with E-state index in [4.69, 9.17) is 5.21 Å². The molecule has 1 heterocycles. The van der Waals surface area contributed by atoms with Crippen molar-refractivity contribution in [2.24, 2.45) is 5.16 Å². The summed E-state index contributed by atoms with van der Waals surface area (Å²) >= 11 is 0. The Balaban J connectivity index is 1.94. The van der Waals surface area contributed by atoms with Crippen LogP contribution in [0.1, 0.15) is 84.0 Å². The number of piperidine rings is 1. The van der Waals surface area contributed by atoms with E-state index in [2.05, 4.69) is 12.1 Å². The Hall–Kier alpha value is -1.06. The fourth-order valence-corrected chi connectivity index (χ4v) is 2.86. The summed E-state index contributed by atoms with van der Waals surface area (Å²) in [6.07, 6.45) is 13.7. The second-order valence-electron chi connectivity index (χ2n) is 6.13.